The van der Waals surface area contributed by atoms with E-state index in [4.69, 9.17) is 11.2 Å². The van der Waals surface area contributed by atoms with Crippen molar-refractivity contribution in [1.82, 2.24) is 9.80 Å². The molecule has 1 saturated heterocycles. The van der Waals surface area contributed by atoms with E-state index in [2.05, 4.69) is 5.92 Å². The number of carbonyl (C=O) groups excluding carboxylic acids is 1. The molecule has 0 spiro atoms. The Morgan fingerprint density at radius 3 is 2.25 bits per heavy atom. The molecule has 9 heteroatoms. The van der Waals surface area contributed by atoms with Crippen LogP contribution in [0.2, 0.25) is 0 Å². The van der Waals surface area contributed by atoms with Gasteiger partial charge in [0.2, 0.25) is 0 Å². The number of nitrogens with zero attached hydrogens (tertiary/aromatic N) is 2. The van der Waals surface area contributed by atoms with Gasteiger partial charge in [-0.3, -0.25) is 4.90 Å². The van der Waals surface area contributed by atoms with Gasteiger partial charge in [-0.15, -0.1) is 11.9 Å². The molecular formula is C19H25BF3KN2O2. The zero-order valence-electron chi connectivity index (χ0n) is 17.2. The zero-order chi connectivity index (χ0) is 20.4. The number of piperazine rings is 1. The minimum absolute atomic E-state index is 0. The van der Waals surface area contributed by atoms with Crippen LogP contribution < -0.4 is 56.8 Å². The van der Waals surface area contributed by atoms with Gasteiger partial charge in [-0.2, -0.15) is 0 Å². The first kappa shape index (κ1) is 25.5. The van der Waals surface area contributed by atoms with Gasteiger partial charge in [0, 0.05) is 38.3 Å². The van der Waals surface area contributed by atoms with Crippen molar-refractivity contribution >= 4 is 18.5 Å². The summed E-state index contributed by atoms with van der Waals surface area (Å²) in [6.45, 7) is 4.12. The van der Waals surface area contributed by atoms with E-state index in [9.17, 15) is 17.7 Å². The van der Waals surface area contributed by atoms with Crippen LogP contribution in [0.5, 0.6) is 0 Å². The number of terminal acetylenes is 1. The largest absolute Gasteiger partial charge is 1.00 e. The number of hydrogen-bond acceptors (Lipinski definition) is 3. The fourth-order valence-electron chi connectivity index (χ4n) is 3.05. The molecule has 4 nitrogen and oxygen atoms in total. The van der Waals surface area contributed by atoms with Crippen LogP contribution in [0.1, 0.15) is 37.5 Å². The molecule has 1 fully saturated rings. The SMILES string of the molecule is C#Cc1cc(CN2CCN(C(=O)OC(C)(C)C)CC2)cc([B-](F)(F)F)c1C.[K+]. The summed E-state index contributed by atoms with van der Waals surface area (Å²) < 4.78 is 45.3. The number of amides is 1. The van der Waals surface area contributed by atoms with Crippen molar-refractivity contribution in [1.29, 1.82) is 0 Å². The van der Waals surface area contributed by atoms with Gasteiger partial charge >= 0.3 is 64.5 Å². The molecule has 2 rings (SSSR count). The molecule has 0 radical (unpaired) electrons. The van der Waals surface area contributed by atoms with Crippen LogP contribution in [0.4, 0.5) is 17.7 Å². The van der Waals surface area contributed by atoms with Crippen molar-refractivity contribution in [2.45, 2.75) is 39.8 Å². The van der Waals surface area contributed by atoms with E-state index in [-0.39, 0.29) is 68.6 Å². The van der Waals surface area contributed by atoms with E-state index < -0.39 is 18.0 Å². The number of benzene rings is 1. The molecule has 1 aliphatic heterocycles. The van der Waals surface area contributed by atoms with Crippen molar-refractivity contribution < 1.29 is 73.9 Å². The minimum atomic E-state index is -5.12. The molecule has 1 amide bonds. The Hall–Kier alpha value is -0.499. The third kappa shape index (κ3) is 7.08. The van der Waals surface area contributed by atoms with Gasteiger partial charge < -0.3 is 22.6 Å². The summed E-state index contributed by atoms with van der Waals surface area (Å²) in [5.74, 6) is 2.35. The molecule has 0 aromatic heterocycles. The second-order valence-electron chi connectivity index (χ2n) is 7.82. The summed E-state index contributed by atoms with van der Waals surface area (Å²) in [5, 5.41) is 0. The van der Waals surface area contributed by atoms with Crippen LogP contribution in [0.15, 0.2) is 12.1 Å². The van der Waals surface area contributed by atoms with Gasteiger partial charge in [-0.1, -0.05) is 17.6 Å². The van der Waals surface area contributed by atoms with Crippen LogP contribution in [0, 0.1) is 19.3 Å². The first-order valence-corrected chi connectivity index (χ1v) is 8.91. The molecule has 1 aliphatic rings. The van der Waals surface area contributed by atoms with Crippen molar-refractivity contribution in [3.8, 4) is 12.3 Å². The maximum absolute atomic E-state index is 13.3. The smallest absolute Gasteiger partial charge is 0.445 e. The van der Waals surface area contributed by atoms with E-state index in [1.54, 1.807) is 31.7 Å². The van der Waals surface area contributed by atoms with Gasteiger partial charge in [-0.25, -0.2) is 4.79 Å². The average molecular weight is 420 g/mol. The van der Waals surface area contributed by atoms with Crippen LogP contribution in [-0.2, 0) is 11.3 Å². The zero-order valence-corrected chi connectivity index (χ0v) is 20.3. The molecule has 28 heavy (non-hydrogen) atoms. The molecule has 0 saturated carbocycles. The predicted molar refractivity (Wildman–Crippen MR) is 101 cm³/mol. The fraction of sp³-hybridized carbons (Fsp3) is 0.526. The normalized spacial score (nSPS) is 15.6. The summed E-state index contributed by atoms with van der Waals surface area (Å²) in [7, 11) is 0. The Bertz CT molecular complexity index is 749. The number of halogens is 3. The molecule has 0 atom stereocenters. The summed E-state index contributed by atoms with van der Waals surface area (Å²) in [6, 6.07) is 2.83. The number of ether oxygens (including phenoxy) is 1. The minimum Gasteiger partial charge on any atom is -0.445 e. The molecular weight excluding hydrogens is 395 g/mol. The monoisotopic (exact) mass is 420 g/mol. The standard InChI is InChI=1S/C19H25BF3N2O2.K/c1-6-16-11-15(12-17(14(16)2)20(21,22)23)13-24-7-9-25(10-8-24)18(26)27-19(3,4)5;/h1,11-12H,7-10,13H2,2-5H3;/q-1;+1. The first-order chi connectivity index (χ1) is 12.4. The Morgan fingerprint density at radius 1 is 1.21 bits per heavy atom. The summed E-state index contributed by atoms with van der Waals surface area (Å²) in [6.07, 6.45) is 5.02. The van der Waals surface area contributed by atoms with Crippen LogP contribution in [0.25, 0.3) is 0 Å². The Balaban J connectivity index is 0.00000392. The predicted octanol–water partition coefficient (Wildman–Crippen LogP) is 0.0874. The number of carbonyl (C=O) groups is 1. The third-order valence-corrected chi connectivity index (χ3v) is 4.45. The maximum atomic E-state index is 13.3. The van der Waals surface area contributed by atoms with E-state index in [0.29, 0.717) is 38.3 Å². The Kier molecular flexibility index (Phi) is 9.13. The summed E-state index contributed by atoms with van der Waals surface area (Å²) in [4.78, 5) is 15.7. The molecule has 1 aromatic carbocycles. The van der Waals surface area contributed by atoms with E-state index >= 15 is 0 Å². The molecule has 1 heterocycles. The fourth-order valence-corrected chi connectivity index (χ4v) is 3.05. The molecule has 0 unspecified atom stereocenters. The van der Waals surface area contributed by atoms with E-state index in [1.807, 2.05) is 4.90 Å². The van der Waals surface area contributed by atoms with E-state index in [1.165, 1.54) is 13.0 Å². The van der Waals surface area contributed by atoms with Gasteiger partial charge in [0.1, 0.15) is 5.60 Å². The van der Waals surface area contributed by atoms with Crippen LogP contribution >= 0.6 is 0 Å². The maximum Gasteiger partial charge on any atom is 1.00 e. The van der Waals surface area contributed by atoms with Gasteiger partial charge in [0.25, 0.3) is 0 Å². The Morgan fingerprint density at radius 2 is 1.79 bits per heavy atom. The van der Waals surface area contributed by atoms with Crippen molar-refractivity contribution in [3.05, 3.63) is 28.8 Å². The second-order valence-corrected chi connectivity index (χ2v) is 7.82. The topological polar surface area (TPSA) is 32.8 Å². The van der Waals surface area contributed by atoms with E-state index in [0.717, 1.165) is 0 Å². The van der Waals surface area contributed by atoms with Crippen LogP contribution in [0.3, 0.4) is 0 Å². The molecule has 148 valence electrons. The summed E-state index contributed by atoms with van der Waals surface area (Å²) >= 11 is 0. The number of hydrogen-bond donors (Lipinski definition) is 0. The second kappa shape index (κ2) is 10.0. The van der Waals surface area contributed by atoms with Crippen molar-refractivity contribution in [2.75, 3.05) is 26.2 Å². The van der Waals surface area contributed by atoms with Gasteiger partial charge in [0.15, 0.2) is 0 Å². The molecule has 0 N–H and O–H groups in total. The summed E-state index contributed by atoms with van der Waals surface area (Å²) in [5.41, 5.74) is -0.281. The Labute approximate surface area is 207 Å². The van der Waals surface area contributed by atoms with Gasteiger partial charge in [0.05, 0.1) is 0 Å². The quantitative estimate of drug-likeness (QED) is 0.514. The molecule has 0 bridgehead atoms. The van der Waals surface area contributed by atoms with Gasteiger partial charge in [-0.05, 0) is 39.3 Å². The first-order valence-electron chi connectivity index (χ1n) is 8.91. The van der Waals surface area contributed by atoms with Crippen molar-refractivity contribution in [2.24, 2.45) is 0 Å². The number of rotatable bonds is 3. The average Bonchev–Trinajstić information content (AvgIpc) is 2.54. The molecule has 0 aliphatic carbocycles. The molecule has 1 aromatic rings. The third-order valence-electron chi connectivity index (χ3n) is 4.45. The van der Waals surface area contributed by atoms with Crippen LogP contribution in [-0.4, -0.2) is 54.7 Å². The van der Waals surface area contributed by atoms with Crippen molar-refractivity contribution in [3.63, 3.8) is 0 Å².